The van der Waals surface area contributed by atoms with Crippen molar-refractivity contribution in [1.29, 1.82) is 0 Å². The van der Waals surface area contributed by atoms with E-state index >= 15 is 0 Å². The molecule has 3 N–H and O–H groups in total. The van der Waals surface area contributed by atoms with Crippen molar-refractivity contribution in [2.75, 3.05) is 0 Å². The van der Waals surface area contributed by atoms with Crippen LogP contribution >= 0.6 is 0 Å². The molecule has 170 valence electrons. The van der Waals surface area contributed by atoms with Gasteiger partial charge in [0, 0.05) is 0 Å². The molecule has 0 aliphatic heterocycles. The van der Waals surface area contributed by atoms with Crippen LogP contribution in [0.1, 0.15) is 86.5 Å². The third-order valence-electron chi connectivity index (χ3n) is 10.0. The lowest BCUT2D eigenvalue weighted by Gasteiger charge is -2.55. The molecule has 0 heterocycles. The summed E-state index contributed by atoms with van der Waals surface area (Å²) in [6.45, 7) is 14.6. The van der Waals surface area contributed by atoms with Gasteiger partial charge in [-0.15, -0.1) is 0 Å². The third kappa shape index (κ3) is 3.77. The molecule has 0 radical (unpaired) electrons. The smallest absolute Gasteiger partial charge is 0.0578 e. The maximum Gasteiger partial charge on any atom is 0.0578 e. The highest BCUT2D eigenvalue weighted by atomic mass is 16.3. The van der Waals surface area contributed by atoms with E-state index in [1.54, 1.807) is 5.57 Å². The Kier molecular flexibility index (Phi) is 6.81. The molecule has 2 unspecified atom stereocenters. The molecule has 0 aromatic carbocycles. The van der Waals surface area contributed by atoms with Crippen molar-refractivity contribution in [3.63, 3.8) is 0 Å². The summed E-state index contributed by atoms with van der Waals surface area (Å²) in [6.07, 6.45) is 18.4. The van der Waals surface area contributed by atoms with E-state index in [0.717, 1.165) is 36.5 Å². The lowest BCUT2D eigenvalue weighted by atomic mass is 9.50. The van der Waals surface area contributed by atoms with Gasteiger partial charge in [-0.25, -0.2) is 0 Å². The second-order valence-corrected chi connectivity index (χ2v) is 11.9. The summed E-state index contributed by atoms with van der Waals surface area (Å²) >= 11 is 0. The average Bonchev–Trinajstić information content (AvgIpc) is 3.03. The number of hydrogen-bond acceptors (Lipinski definition) is 1. The number of aliphatic hydroxyl groups excluding tert-OH is 1. The maximum absolute atomic E-state index is 10.2. The molecular formula is C28H46O2. The molecule has 0 saturated heterocycles. The Morgan fingerprint density at radius 3 is 2.37 bits per heavy atom. The molecule has 0 aromatic heterocycles. The van der Waals surface area contributed by atoms with E-state index in [1.165, 1.54) is 37.7 Å². The number of fused-ring (bicyclic) bond motifs is 5. The Labute approximate surface area is 185 Å². The second kappa shape index (κ2) is 8.58. The Morgan fingerprint density at radius 1 is 0.933 bits per heavy atom. The van der Waals surface area contributed by atoms with Gasteiger partial charge in [0.2, 0.25) is 0 Å². The minimum atomic E-state index is -0.116. The van der Waals surface area contributed by atoms with Crippen LogP contribution in [0.15, 0.2) is 35.5 Å². The van der Waals surface area contributed by atoms with E-state index in [0.29, 0.717) is 22.7 Å². The first-order chi connectivity index (χ1) is 13.7. The van der Waals surface area contributed by atoms with Gasteiger partial charge in [0.05, 0.1) is 6.10 Å². The van der Waals surface area contributed by atoms with E-state index < -0.39 is 0 Å². The first kappa shape index (κ1) is 23.8. The summed E-state index contributed by atoms with van der Waals surface area (Å²) in [6, 6.07) is 0. The monoisotopic (exact) mass is 414 g/mol. The fraction of sp³-hybridized carbons (Fsp3) is 0.786. The maximum atomic E-state index is 10.2. The van der Waals surface area contributed by atoms with E-state index in [4.69, 9.17) is 0 Å². The van der Waals surface area contributed by atoms with Gasteiger partial charge < -0.3 is 10.6 Å². The first-order valence-electron chi connectivity index (χ1n) is 12.4. The molecule has 8 atom stereocenters. The number of hydrogen-bond donors (Lipinski definition) is 1. The normalized spacial score (nSPS) is 42.5. The summed E-state index contributed by atoms with van der Waals surface area (Å²) in [5, 5.41) is 10.2. The molecule has 30 heavy (non-hydrogen) atoms. The van der Waals surface area contributed by atoms with Crippen molar-refractivity contribution in [3.8, 4) is 0 Å². The van der Waals surface area contributed by atoms with Crippen molar-refractivity contribution < 1.29 is 10.6 Å². The second-order valence-electron chi connectivity index (χ2n) is 11.9. The molecule has 3 fully saturated rings. The highest BCUT2D eigenvalue weighted by molar-refractivity contribution is 5.39. The van der Waals surface area contributed by atoms with E-state index in [9.17, 15) is 5.11 Å². The summed E-state index contributed by atoms with van der Waals surface area (Å²) in [7, 11) is 0. The predicted octanol–water partition coefficient (Wildman–Crippen LogP) is 6.51. The standard InChI is InChI=1S/C28H44O.H2O/c1-18(2)19(3)7-8-20(4)24-11-12-25-23-10-9-21-17-22(29)13-15-27(21,5)26(23)14-16-28(24,25)6;/h7-10,18-20,22,24-26,29H,11-17H2,1-6H3;1H2/b8-7+;/t19-,20+,22-,24+,25?,26?,27-,28+;/m0./s1. The average molecular weight is 415 g/mol. The molecule has 4 rings (SSSR count). The summed E-state index contributed by atoms with van der Waals surface area (Å²) in [4.78, 5) is 0. The molecule has 3 saturated carbocycles. The molecule has 2 heteroatoms. The van der Waals surface area contributed by atoms with Gasteiger partial charge in [0.15, 0.2) is 0 Å². The number of rotatable bonds is 4. The van der Waals surface area contributed by atoms with Gasteiger partial charge in [-0.05, 0) is 91.3 Å². The Morgan fingerprint density at radius 2 is 1.67 bits per heavy atom. The van der Waals surface area contributed by atoms with Gasteiger partial charge in [0.1, 0.15) is 0 Å². The quantitative estimate of drug-likeness (QED) is 0.524. The fourth-order valence-electron chi connectivity index (χ4n) is 7.59. The lowest BCUT2D eigenvalue weighted by molar-refractivity contribution is 0.0382. The van der Waals surface area contributed by atoms with Gasteiger partial charge in [-0.2, -0.15) is 0 Å². The summed E-state index contributed by atoms with van der Waals surface area (Å²) in [5.41, 5.74) is 4.07. The highest BCUT2D eigenvalue weighted by Gasteiger charge is 2.56. The van der Waals surface area contributed by atoms with E-state index in [2.05, 4.69) is 65.8 Å². The van der Waals surface area contributed by atoms with E-state index in [1.807, 2.05) is 0 Å². The predicted molar refractivity (Wildman–Crippen MR) is 127 cm³/mol. The van der Waals surface area contributed by atoms with Crippen molar-refractivity contribution in [2.24, 2.45) is 46.3 Å². The molecule has 0 bridgehead atoms. The third-order valence-corrected chi connectivity index (χ3v) is 10.0. The SMILES string of the molecule is CC(C)[C@@H](C)/C=C/[C@@H](C)[C@H]1CCC2C3=CC=C4C[C@@H](O)CC[C@]4(C)C3CC[C@@]21C.O. The minimum Gasteiger partial charge on any atom is -0.412 e. The minimum absolute atomic E-state index is 0. The Hall–Kier alpha value is -0.860. The number of allylic oxidation sites excluding steroid dienone is 5. The van der Waals surface area contributed by atoms with Crippen LogP contribution in [0.5, 0.6) is 0 Å². The van der Waals surface area contributed by atoms with Gasteiger partial charge in [0.25, 0.3) is 0 Å². The molecule has 0 spiro atoms. The van der Waals surface area contributed by atoms with Gasteiger partial charge >= 0.3 is 0 Å². The fourth-order valence-corrected chi connectivity index (χ4v) is 7.59. The summed E-state index contributed by atoms with van der Waals surface area (Å²) < 4.78 is 0. The molecule has 2 nitrogen and oxygen atoms in total. The zero-order chi connectivity index (χ0) is 21.0. The van der Waals surface area contributed by atoms with Gasteiger partial charge in [-0.3, -0.25) is 0 Å². The van der Waals surface area contributed by atoms with Crippen LogP contribution in [0, 0.1) is 46.3 Å². The molecular weight excluding hydrogens is 368 g/mol. The van der Waals surface area contributed by atoms with Crippen LogP contribution in [0.2, 0.25) is 0 Å². The van der Waals surface area contributed by atoms with Crippen LogP contribution in [-0.2, 0) is 0 Å². The topological polar surface area (TPSA) is 51.7 Å². The molecule has 4 aliphatic rings. The Bertz CT molecular complexity index is 716. The largest absolute Gasteiger partial charge is 0.412 e. The lowest BCUT2D eigenvalue weighted by Crippen LogP contribution is -2.46. The van der Waals surface area contributed by atoms with Crippen LogP contribution < -0.4 is 0 Å². The van der Waals surface area contributed by atoms with Crippen molar-refractivity contribution in [1.82, 2.24) is 0 Å². The van der Waals surface area contributed by atoms with E-state index in [-0.39, 0.29) is 11.6 Å². The van der Waals surface area contributed by atoms with Crippen LogP contribution in [0.4, 0.5) is 0 Å². The Balaban J connectivity index is 0.00000256. The van der Waals surface area contributed by atoms with Gasteiger partial charge in [-0.1, -0.05) is 77.0 Å². The van der Waals surface area contributed by atoms with Crippen molar-refractivity contribution >= 4 is 0 Å². The summed E-state index contributed by atoms with van der Waals surface area (Å²) in [5.74, 6) is 4.38. The van der Waals surface area contributed by atoms with Crippen LogP contribution in [-0.4, -0.2) is 16.7 Å². The zero-order valence-electron chi connectivity index (χ0n) is 20.2. The van der Waals surface area contributed by atoms with Crippen LogP contribution in [0.3, 0.4) is 0 Å². The molecule has 4 aliphatic carbocycles. The molecule has 0 amide bonds. The van der Waals surface area contributed by atoms with Crippen molar-refractivity contribution in [3.05, 3.63) is 35.5 Å². The van der Waals surface area contributed by atoms with Crippen molar-refractivity contribution in [2.45, 2.75) is 92.6 Å². The zero-order valence-corrected chi connectivity index (χ0v) is 20.2. The number of aliphatic hydroxyl groups is 1. The van der Waals surface area contributed by atoms with Crippen LogP contribution in [0.25, 0.3) is 0 Å². The molecule has 0 aromatic rings. The highest BCUT2D eigenvalue weighted by Crippen LogP contribution is 2.65. The first-order valence-corrected chi connectivity index (χ1v) is 12.4.